The molecular weight excluding hydrogens is 472 g/mol. The lowest BCUT2D eigenvalue weighted by Crippen LogP contribution is -2.31. The number of hydrogen-bond donors (Lipinski definition) is 2. The normalized spacial score (nSPS) is 13.2. The average Bonchev–Trinajstić information content (AvgIpc) is 3.35. The molecule has 6 heteroatoms. The van der Waals surface area contributed by atoms with Gasteiger partial charge in [0.2, 0.25) is 0 Å². The number of pyridine rings is 1. The summed E-state index contributed by atoms with van der Waals surface area (Å²) in [5.74, 6) is 0. The van der Waals surface area contributed by atoms with Crippen LogP contribution in [0.3, 0.4) is 0 Å². The Balaban J connectivity index is 1.73. The van der Waals surface area contributed by atoms with Gasteiger partial charge < -0.3 is 19.6 Å². The van der Waals surface area contributed by atoms with E-state index in [1.165, 1.54) is 0 Å². The summed E-state index contributed by atoms with van der Waals surface area (Å²) in [6.07, 6.45) is 3.41. The molecule has 0 amide bonds. The molecule has 0 aliphatic carbocycles. The van der Waals surface area contributed by atoms with E-state index in [1.54, 1.807) is 30.2 Å². The highest BCUT2D eigenvalue weighted by molar-refractivity contribution is 5.95. The molecule has 0 bridgehead atoms. The molecule has 2 N–H and O–H groups in total. The molecule has 0 saturated carbocycles. The molecule has 0 saturated heterocycles. The predicted octanol–water partition coefficient (Wildman–Crippen LogP) is 5.03. The van der Waals surface area contributed by atoms with Gasteiger partial charge in [-0.25, -0.2) is 4.98 Å². The van der Waals surface area contributed by atoms with E-state index in [4.69, 9.17) is 0 Å². The number of benzene rings is 3. The maximum absolute atomic E-state index is 12.9. The summed E-state index contributed by atoms with van der Waals surface area (Å²) in [6, 6.07) is 24.1. The molecule has 0 aliphatic rings. The first-order valence-corrected chi connectivity index (χ1v) is 12.9. The van der Waals surface area contributed by atoms with Crippen LogP contribution in [0.4, 0.5) is 0 Å². The number of fused-ring (bicyclic) bond motifs is 1. The monoisotopic (exact) mass is 506 g/mol. The highest BCUT2D eigenvalue weighted by atomic mass is 16.3. The van der Waals surface area contributed by atoms with Crippen molar-refractivity contribution in [1.82, 2.24) is 19.4 Å². The third-order valence-electron chi connectivity index (χ3n) is 7.27. The molecule has 6 nitrogen and oxygen atoms in total. The molecule has 0 spiro atoms. The molecule has 2 aromatic heterocycles. The highest BCUT2D eigenvalue weighted by Crippen LogP contribution is 2.39. The zero-order valence-electron chi connectivity index (χ0n) is 22.6. The van der Waals surface area contributed by atoms with Crippen molar-refractivity contribution in [2.24, 2.45) is 14.1 Å². The molecule has 194 valence electrons. The molecule has 38 heavy (non-hydrogen) atoms. The van der Waals surface area contributed by atoms with Crippen molar-refractivity contribution in [3.8, 4) is 11.1 Å². The van der Waals surface area contributed by atoms with Gasteiger partial charge in [-0.1, -0.05) is 74.0 Å². The van der Waals surface area contributed by atoms with Crippen LogP contribution in [-0.2, 0) is 26.2 Å². The zero-order valence-corrected chi connectivity index (χ0v) is 22.6. The number of hydrogen-bond acceptors (Lipinski definition) is 4. The Bertz CT molecular complexity index is 1660. The second-order valence-corrected chi connectivity index (χ2v) is 10.4. The molecule has 2 heterocycles. The van der Waals surface area contributed by atoms with Gasteiger partial charge in [0, 0.05) is 38.1 Å². The fraction of sp³-hybridized carbons (Fsp3) is 0.250. The van der Waals surface area contributed by atoms with Crippen LogP contribution in [0.25, 0.3) is 22.0 Å². The van der Waals surface area contributed by atoms with E-state index >= 15 is 0 Å². The van der Waals surface area contributed by atoms with Gasteiger partial charge in [-0.2, -0.15) is 0 Å². The maximum Gasteiger partial charge on any atom is 0.251 e. The Hall–Kier alpha value is -4.00. The van der Waals surface area contributed by atoms with E-state index in [-0.39, 0.29) is 5.56 Å². The third kappa shape index (κ3) is 4.57. The summed E-state index contributed by atoms with van der Waals surface area (Å²) >= 11 is 0. The van der Waals surface area contributed by atoms with Crippen molar-refractivity contribution < 1.29 is 5.11 Å². The Kier molecular flexibility index (Phi) is 6.78. The molecule has 0 radical (unpaired) electrons. The van der Waals surface area contributed by atoms with Crippen molar-refractivity contribution in [1.29, 1.82) is 0 Å². The molecule has 1 unspecified atom stereocenters. The molecule has 3 aromatic carbocycles. The summed E-state index contributed by atoms with van der Waals surface area (Å²) in [5, 5.41) is 16.9. The standard InChI is InChI=1S/C32H34N4O2/c1-21(2)34-18-23-9-11-25(12-10-23)32(38,30-19-33-20-35(30)4)26-13-14-29-28(16-26)27(17-31(37)36(29)5)24-8-6-7-22(3)15-24/h6-17,19-21,34,38H,18H2,1-5H3. The Morgan fingerprint density at radius 1 is 0.974 bits per heavy atom. The SMILES string of the molecule is Cc1cccc(-c2cc(=O)n(C)c3ccc(C(O)(c4ccc(CNC(C)C)cc4)c4cncn4C)cc23)c1. The number of nitrogens with one attached hydrogen (secondary N) is 1. The van der Waals surface area contributed by atoms with Crippen LogP contribution in [0.5, 0.6) is 0 Å². The van der Waals surface area contributed by atoms with E-state index in [0.29, 0.717) is 17.3 Å². The van der Waals surface area contributed by atoms with E-state index in [1.807, 2.05) is 67.1 Å². The van der Waals surface area contributed by atoms with E-state index < -0.39 is 5.60 Å². The Labute approximate surface area is 223 Å². The largest absolute Gasteiger partial charge is 0.374 e. The molecule has 0 fully saturated rings. The van der Waals surface area contributed by atoms with Gasteiger partial charge in [-0.05, 0) is 46.9 Å². The number of nitrogens with zero attached hydrogens (tertiary/aromatic N) is 3. The van der Waals surface area contributed by atoms with Crippen molar-refractivity contribution >= 4 is 10.9 Å². The van der Waals surface area contributed by atoms with E-state index in [9.17, 15) is 9.90 Å². The van der Waals surface area contributed by atoms with Gasteiger partial charge in [0.1, 0.15) is 0 Å². The quantitative estimate of drug-likeness (QED) is 0.325. The Morgan fingerprint density at radius 3 is 2.37 bits per heavy atom. The van der Waals surface area contributed by atoms with Crippen LogP contribution >= 0.6 is 0 Å². The van der Waals surface area contributed by atoms with Gasteiger partial charge in [-0.15, -0.1) is 0 Å². The Morgan fingerprint density at radius 2 is 1.71 bits per heavy atom. The fourth-order valence-corrected chi connectivity index (χ4v) is 5.09. The predicted molar refractivity (Wildman–Crippen MR) is 153 cm³/mol. The molecule has 5 rings (SSSR count). The lowest BCUT2D eigenvalue weighted by atomic mass is 9.82. The summed E-state index contributed by atoms with van der Waals surface area (Å²) < 4.78 is 3.50. The van der Waals surface area contributed by atoms with Crippen LogP contribution in [0, 0.1) is 6.92 Å². The lowest BCUT2D eigenvalue weighted by molar-refractivity contribution is 0.117. The molecular formula is C32H34N4O2. The molecule has 5 aromatic rings. The van der Waals surface area contributed by atoms with Crippen molar-refractivity contribution in [2.45, 2.75) is 39.0 Å². The summed E-state index contributed by atoms with van der Waals surface area (Å²) in [7, 11) is 3.67. The van der Waals surface area contributed by atoms with Crippen LogP contribution in [0.2, 0.25) is 0 Å². The number of aryl methyl sites for hydroxylation is 3. The minimum Gasteiger partial charge on any atom is -0.374 e. The van der Waals surface area contributed by atoms with Gasteiger partial charge in [0.15, 0.2) is 5.60 Å². The first kappa shape index (κ1) is 25.6. The van der Waals surface area contributed by atoms with Gasteiger partial charge >= 0.3 is 0 Å². The minimum atomic E-state index is -1.46. The minimum absolute atomic E-state index is 0.0748. The van der Waals surface area contributed by atoms with Gasteiger partial charge in [-0.3, -0.25) is 4.79 Å². The maximum atomic E-state index is 12.9. The summed E-state index contributed by atoms with van der Waals surface area (Å²) in [6.45, 7) is 7.04. The first-order valence-electron chi connectivity index (χ1n) is 12.9. The van der Waals surface area contributed by atoms with E-state index in [2.05, 4.69) is 42.3 Å². The number of aliphatic hydroxyl groups is 1. The summed E-state index contributed by atoms with van der Waals surface area (Å²) in [4.78, 5) is 17.2. The second kappa shape index (κ2) is 10.0. The lowest BCUT2D eigenvalue weighted by Gasteiger charge is -2.30. The average molecular weight is 507 g/mol. The van der Waals surface area contributed by atoms with Crippen LogP contribution in [-0.4, -0.2) is 25.3 Å². The van der Waals surface area contributed by atoms with Crippen molar-refractivity contribution in [3.63, 3.8) is 0 Å². The highest BCUT2D eigenvalue weighted by Gasteiger charge is 2.37. The number of imidazole rings is 1. The topological polar surface area (TPSA) is 72.1 Å². The van der Waals surface area contributed by atoms with Gasteiger partial charge in [0.05, 0.1) is 23.7 Å². The summed E-state index contributed by atoms with van der Waals surface area (Å²) in [5.41, 5.74) is 5.45. The van der Waals surface area contributed by atoms with Crippen LogP contribution in [0.15, 0.2) is 90.1 Å². The van der Waals surface area contributed by atoms with Crippen molar-refractivity contribution in [3.05, 3.63) is 124 Å². The van der Waals surface area contributed by atoms with Crippen molar-refractivity contribution in [2.75, 3.05) is 0 Å². The third-order valence-corrected chi connectivity index (χ3v) is 7.27. The molecule has 0 aliphatic heterocycles. The first-order chi connectivity index (χ1) is 18.2. The number of rotatable bonds is 7. The van der Waals surface area contributed by atoms with E-state index in [0.717, 1.165) is 45.3 Å². The van der Waals surface area contributed by atoms with Crippen LogP contribution in [0.1, 0.15) is 41.8 Å². The second-order valence-electron chi connectivity index (χ2n) is 10.4. The van der Waals surface area contributed by atoms with Crippen LogP contribution < -0.4 is 10.9 Å². The molecule has 1 atom stereocenters. The number of aromatic nitrogens is 3. The van der Waals surface area contributed by atoms with Gasteiger partial charge in [0.25, 0.3) is 5.56 Å². The fourth-order valence-electron chi connectivity index (χ4n) is 5.09. The smallest absolute Gasteiger partial charge is 0.251 e. The zero-order chi connectivity index (χ0) is 27.0.